The minimum absolute atomic E-state index is 0.00335. The molecule has 0 unspecified atom stereocenters. The van der Waals surface area contributed by atoms with Crippen molar-refractivity contribution in [3.8, 4) is 0 Å². The summed E-state index contributed by atoms with van der Waals surface area (Å²) in [7, 11) is 0. The lowest BCUT2D eigenvalue weighted by atomic mass is 10.1. The summed E-state index contributed by atoms with van der Waals surface area (Å²) >= 11 is 0. The van der Waals surface area contributed by atoms with Crippen molar-refractivity contribution >= 4 is 11.8 Å². The fourth-order valence-electron chi connectivity index (χ4n) is 2.55. The quantitative estimate of drug-likeness (QED) is 0.868. The Morgan fingerprint density at radius 3 is 2.05 bits per heavy atom. The van der Waals surface area contributed by atoms with Crippen LogP contribution in [-0.2, 0) is 4.79 Å². The van der Waals surface area contributed by atoms with Crippen molar-refractivity contribution in [2.75, 3.05) is 26.2 Å². The van der Waals surface area contributed by atoms with Crippen molar-refractivity contribution in [2.24, 2.45) is 5.73 Å². The van der Waals surface area contributed by atoms with Crippen molar-refractivity contribution in [2.45, 2.75) is 18.4 Å². The van der Waals surface area contributed by atoms with Crippen molar-refractivity contribution < 1.29 is 14.0 Å². The molecule has 1 aliphatic carbocycles. The van der Waals surface area contributed by atoms with E-state index >= 15 is 0 Å². The summed E-state index contributed by atoms with van der Waals surface area (Å²) < 4.78 is 12.9. The SMILES string of the molecule is NC1(C(=O)N2CCN(C(=O)c3ccc(F)cc3)CC2)CC1. The number of carbonyl (C=O) groups is 2. The molecular formula is C15H18FN3O2. The molecule has 2 aliphatic rings. The third-order valence-corrected chi connectivity index (χ3v) is 4.16. The van der Waals surface area contributed by atoms with Crippen molar-refractivity contribution in [1.82, 2.24) is 9.80 Å². The fraction of sp³-hybridized carbons (Fsp3) is 0.467. The van der Waals surface area contributed by atoms with Crippen LogP contribution in [0, 0.1) is 5.82 Å². The normalized spacial score (nSPS) is 20.3. The van der Waals surface area contributed by atoms with Gasteiger partial charge in [-0.3, -0.25) is 9.59 Å². The minimum Gasteiger partial charge on any atom is -0.338 e. The van der Waals surface area contributed by atoms with Gasteiger partial charge < -0.3 is 15.5 Å². The molecule has 3 rings (SSSR count). The number of benzene rings is 1. The van der Waals surface area contributed by atoms with Crippen LogP contribution in [0.2, 0.25) is 0 Å². The van der Waals surface area contributed by atoms with Crippen LogP contribution in [0.15, 0.2) is 24.3 Å². The Kier molecular flexibility index (Phi) is 3.41. The Bertz CT molecular complexity index is 561. The number of halogens is 1. The van der Waals surface area contributed by atoms with E-state index in [9.17, 15) is 14.0 Å². The topological polar surface area (TPSA) is 66.6 Å². The molecule has 1 aromatic carbocycles. The number of hydrogen-bond acceptors (Lipinski definition) is 3. The molecule has 2 amide bonds. The molecule has 5 nitrogen and oxygen atoms in total. The number of nitrogens with two attached hydrogens (primary N) is 1. The number of amides is 2. The standard InChI is InChI=1S/C15H18FN3O2/c16-12-3-1-11(2-4-12)13(20)18-7-9-19(10-8-18)14(21)15(17)5-6-15/h1-4H,5-10,17H2. The molecule has 2 N–H and O–H groups in total. The third kappa shape index (κ3) is 2.76. The maximum absolute atomic E-state index is 12.9. The second kappa shape index (κ2) is 5.11. The van der Waals surface area contributed by atoms with E-state index in [0.29, 0.717) is 31.7 Å². The van der Waals surface area contributed by atoms with Crippen molar-refractivity contribution in [3.05, 3.63) is 35.6 Å². The molecule has 1 heterocycles. The first-order chi connectivity index (χ1) is 9.99. The molecule has 0 radical (unpaired) electrons. The molecule has 0 spiro atoms. The maximum Gasteiger partial charge on any atom is 0.253 e. The number of hydrogen-bond donors (Lipinski definition) is 1. The molecule has 0 bridgehead atoms. The van der Waals surface area contributed by atoms with E-state index in [1.54, 1.807) is 9.80 Å². The summed E-state index contributed by atoms with van der Waals surface area (Å²) in [5, 5.41) is 0. The van der Waals surface area contributed by atoms with E-state index in [-0.39, 0.29) is 17.6 Å². The average molecular weight is 291 g/mol. The smallest absolute Gasteiger partial charge is 0.253 e. The number of rotatable bonds is 2. The molecule has 1 aromatic rings. The third-order valence-electron chi connectivity index (χ3n) is 4.16. The zero-order valence-corrected chi connectivity index (χ0v) is 11.7. The highest BCUT2D eigenvalue weighted by atomic mass is 19.1. The van der Waals surface area contributed by atoms with Gasteiger partial charge in [-0.1, -0.05) is 0 Å². The van der Waals surface area contributed by atoms with Gasteiger partial charge in [0, 0.05) is 31.7 Å². The molecule has 112 valence electrons. The van der Waals surface area contributed by atoms with Gasteiger partial charge in [-0.25, -0.2) is 4.39 Å². The average Bonchev–Trinajstić information content (AvgIpc) is 3.26. The molecule has 0 atom stereocenters. The Morgan fingerprint density at radius 1 is 1.00 bits per heavy atom. The first kappa shape index (κ1) is 14.0. The molecule has 0 aromatic heterocycles. The fourth-order valence-corrected chi connectivity index (χ4v) is 2.55. The summed E-state index contributed by atoms with van der Waals surface area (Å²) in [5.41, 5.74) is 5.73. The lowest BCUT2D eigenvalue weighted by Crippen LogP contribution is -2.55. The number of piperazine rings is 1. The van der Waals surface area contributed by atoms with Gasteiger partial charge in [0.05, 0.1) is 5.54 Å². The van der Waals surface area contributed by atoms with E-state index in [4.69, 9.17) is 5.73 Å². The van der Waals surface area contributed by atoms with Gasteiger partial charge in [-0.15, -0.1) is 0 Å². The Morgan fingerprint density at radius 2 is 1.52 bits per heavy atom. The predicted molar refractivity (Wildman–Crippen MR) is 75.0 cm³/mol. The molecule has 1 aliphatic heterocycles. The van der Waals surface area contributed by atoms with Crippen LogP contribution < -0.4 is 5.73 Å². The zero-order valence-electron chi connectivity index (χ0n) is 11.7. The van der Waals surface area contributed by atoms with Crippen LogP contribution in [0.25, 0.3) is 0 Å². The van der Waals surface area contributed by atoms with Gasteiger partial charge in [0.25, 0.3) is 5.91 Å². The first-order valence-electron chi connectivity index (χ1n) is 7.13. The van der Waals surface area contributed by atoms with E-state index in [0.717, 1.165) is 12.8 Å². The van der Waals surface area contributed by atoms with Crippen LogP contribution >= 0.6 is 0 Å². The highest BCUT2D eigenvalue weighted by molar-refractivity contribution is 5.94. The molecular weight excluding hydrogens is 273 g/mol. The van der Waals surface area contributed by atoms with Gasteiger partial charge in [0.15, 0.2) is 0 Å². The summed E-state index contributed by atoms with van der Waals surface area (Å²) in [4.78, 5) is 27.8. The monoisotopic (exact) mass is 291 g/mol. The lowest BCUT2D eigenvalue weighted by Gasteiger charge is -2.36. The summed E-state index contributed by atoms with van der Waals surface area (Å²) in [5.74, 6) is -0.494. The van der Waals surface area contributed by atoms with Gasteiger partial charge >= 0.3 is 0 Å². The molecule has 21 heavy (non-hydrogen) atoms. The Hall–Kier alpha value is -1.95. The van der Waals surface area contributed by atoms with E-state index < -0.39 is 5.54 Å². The maximum atomic E-state index is 12.9. The van der Waals surface area contributed by atoms with E-state index in [2.05, 4.69) is 0 Å². The minimum atomic E-state index is -0.650. The molecule has 2 fully saturated rings. The van der Waals surface area contributed by atoms with Gasteiger partial charge in [-0.2, -0.15) is 0 Å². The van der Waals surface area contributed by atoms with E-state index in [1.807, 2.05) is 0 Å². The Labute approximate surface area is 122 Å². The van der Waals surface area contributed by atoms with Crippen LogP contribution in [0.5, 0.6) is 0 Å². The zero-order chi connectivity index (χ0) is 15.0. The lowest BCUT2D eigenvalue weighted by molar-refractivity contribution is -0.135. The van der Waals surface area contributed by atoms with Gasteiger partial charge in [0.1, 0.15) is 5.82 Å². The molecule has 6 heteroatoms. The first-order valence-corrected chi connectivity index (χ1v) is 7.13. The Balaban J connectivity index is 1.59. The van der Waals surface area contributed by atoms with Crippen LogP contribution in [-0.4, -0.2) is 53.3 Å². The van der Waals surface area contributed by atoms with Gasteiger partial charge in [0.2, 0.25) is 5.91 Å². The number of nitrogens with zero attached hydrogens (tertiary/aromatic N) is 2. The van der Waals surface area contributed by atoms with Crippen molar-refractivity contribution in [1.29, 1.82) is 0 Å². The molecule has 1 saturated heterocycles. The molecule has 1 saturated carbocycles. The van der Waals surface area contributed by atoms with Crippen molar-refractivity contribution in [3.63, 3.8) is 0 Å². The van der Waals surface area contributed by atoms with Crippen LogP contribution in [0.3, 0.4) is 0 Å². The highest BCUT2D eigenvalue weighted by Gasteiger charge is 2.48. The highest BCUT2D eigenvalue weighted by Crippen LogP contribution is 2.34. The second-order valence-corrected chi connectivity index (χ2v) is 5.75. The van der Waals surface area contributed by atoms with Crippen LogP contribution in [0.4, 0.5) is 4.39 Å². The number of carbonyl (C=O) groups excluding carboxylic acids is 2. The summed E-state index contributed by atoms with van der Waals surface area (Å²) in [6.45, 7) is 1.98. The predicted octanol–water partition coefficient (Wildman–Crippen LogP) is 0.601. The van der Waals surface area contributed by atoms with Crippen LogP contribution in [0.1, 0.15) is 23.2 Å². The summed E-state index contributed by atoms with van der Waals surface area (Å²) in [6.07, 6.45) is 1.50. The summed E-state index contributed by atoms with van der Waals surface area (Å²) in [6, 6.07) is 5.51. The second-order valence-electron chi connectivity index (χ2n) is 5.75. The largest absolute Gasteiger partial charge is 0.338 e. The van der Waals surface area contributed by atoms with Gasteiger partial charge in [-0.05, 0) is 37.1 Å². The van der Waals surface area contributed by atoms with E-state index in [1.165, 1.54) is 24.3 Å².